The minimum atomic E-state index is -1.83. The Labute approximate surface area is 423 Å². The molecule has 70 heavy (non-hydrogen) atoms. The van der Waals surface area contributed by atoms with Gasteiger partial charge in [0.1, 0.15) is 68.1 Å². The molecule has 2 heterocycles. The molecule has 0 bridgehead atoms. The smallest absolute Gasteiger partial charge is 0.306 e. The molecule has 2 aliphatic rings. The number of hydrogen-bond acceptors (Lipinski definition) is 15. The molecule has 0 radical (unpaired) electrons. The fraction of sp³-hybridized carbons (Fsp3) is 0.964. The van der Waals surface area contributed by atoms with Gasteiger partial charge in [0.15, 0.2) is 12.6 Å². The Morgan fingerprint density at radius 1 is 0.429 bits per heavy atom. The average Bonchev–Trinajstić information content (AvgIpc) is 3.29. The maximum Gasteiger partial charge on any atom is 0.306 e. The molecule has 2 aliphatic heterocycles. The first-order valence-corrected chi connectivity index (χ1v) is 27.7. The Kier molecular flexibility index (Phi) is 32.9. The third-order valence-electron chi connectivity index (χ3n) is 14.7. The molecular formula is C55H104O15. The number of rotatable bonds is 38. The van der Waals surface area contributed by atoms with E-state index in [0.29, 0.717) is 11.8 Å². The number of aliphatic hydroxyl groups is 7. The van der Waals surface area contributed by atoms with E-state index in [-0.39, 0.29) is 37.9 Å². The summed E-state index contributed by atoms with van der Waals surface area (Å²) in [5.74, 6) is 3.48. The zero-order chi connectivity index (χ0) is 52.3. The quantitative estimate of drug-likeness (QED) is 0.0291. The molecule has 16 atom stereocenters. The molecular weight excluding hydrogens is 901 g/mol. The van der Waals surface area contributed by atoms with E-state index in [2.05, 4.69) is 55.4 Å². The van der Waals surface area contributed by atoms with Gasteiger partial charge in [-0.05, 0) is 47.3 Å². The van der Waals surface area contributed by atoms with E-state index in [1.165, 1.54) is 77.0 Å². The largest absolute Gasteiger partial charge is 0.463 e. The molecule has 0 aromatic heterocycles. The first-order chi connectivity index (χ1) is 33.1. The zero-order valence-corrected chi connectivity index (χ0v) is 45.3. The van der Waals surface area contributed by atoms with Gasteiger partial charge in [0, 0.05) is 12.8 Å². The summed E-state index contributed by atoms with van der Waals surface area (Å²) in [5.41, 5.74) is 0. The predicted octanol–water partition coefficient (Wildman–Crippen LogP) is 8.01. The van der Waals surface area contributed by atoms with Crippen LogP contribution in [0.1, 0.15) is 198 Å². The standard InChI is InChI=1S/C55H104O15/c1-35(2)17-11-19-37(5)21-13-23-39(7)25-15-27-41(9)29-46(58)65-33-43(34-66-47(59)30-42(10)28-16-26-40(8)24-14-22-38(6)20-12-18-36(3)4)67-54-52(64)50(62)53(45(32-57)69-54)70-55-51(63)49(61)48(60)44(31-56)68-55/h35-45,48-57,60-64H,11-34H2,1-10H3/t37?,38?,39?,40?,41?,42?,43?,44-,45-,48-,49+,50-,51-,52-,53-,54-,55-/m1/s1. The van der Waals surface area contributed by atoms with E-state index >= 15 is 0 Å². The SMILES string of the molecule is CC(C)CCCC(C)CCCC(C)CCCC(C)CC(=O)OCC(COC(=O)CC(C)CCCC(C)CCCC(C)CCCC(C)C)O[C@@H]1O[C@H](CO)[C@@H](O[C@H]2O[C@H](CO)[C@@H](O)[C@H](O)[C@H]2O)[C@H](O)[C@H]1O. The van der Waals surface area contributed by atoms with Gasteiger partial charge in [-0.15, -0.1) is 0 Å². The lowest BCUT2D eigenvalue weighted by atomic mass is 9.91. The van der Waals surface area contributed by atoms with Crippen LogP contribution in [-0.4, -0.2) is 142 Å². The molecule has 0 saturated carbocycles. The summed E-state index contributed by atoms with van der Waals surface area (Å²) >= 11 is 0. The summed E-state index contributed by atoms with van der Waals surface area (Å²) in [6, 6.07) is 0. The van der Waals surface area contributed by atoms with Gasteiger partial charge >= 0.3 is 11.9 Å². The van der Waals surface area contributed by atoms with Crippen molar-refractivity contribution >= 4 is 11.9 Å². The van der Waals surface area contributed by atoms with Gasteiger partial charge in [-0.25, -0.2) is 0 Å². The molecule has 0 aliphatic carbocycles. The number of aliphatic hydroxyl groups excluding tert-OH is 7. The van der Waals surface area contributed by atoms with Gasteiger partial charge in [0.2, 0.25) is 0 Å². The fourth-order valence-corrected chi connectivity index (χ4v) is 9.83. The number of esters is 2. The lowest BCUT2D eigenvalue weighted by Crippen LogP contribution is -2.65. The van der Waals surface area contributed by atoms with Crippen LogP contribution in [0, 0.1) is 47.3 Å². The second-order valence-electron chi connectivity index (χ2n) is 23.0. The van der Waals surface area contributed by atoms with Crippen LogP contribution in [0.15, 0.2) is 0 Å². The van der Waals surface area contributed by atoms with Crippen LogP contribution in [0.4, 0.5) is 0 Å². The highest BCUT2D eigenvalue weighted by atomic mass is 16.7. The number of carbonyl (C=O) groups is 2. The van der Waals surface area contributed by atoms with E-state index in [9.17, 15) is 45.3 Å². The normalized spacial score (nSPS) is 28.3. The summed E-state index contributed by atoms with van der Waals surface area (Å²) < 4.78 is 34.3. The lowest BCUT2D eigenvalue weighted by Gasteiger charge is -2.46. The minimum Gasteiger partial charge on any atom is -0.463 e. The zero-order valence-electron chi connectivity index (χ0n) is 45.3. The molecule has 15 nitrogen and oxygen atoms in total. The molecule has 2 rings (SSSR count). The fourth-order valence-electron chi connectivity index (χ4n) is 9.83. The van der Waals surface area contributed by atoms with Gasteiger partial charge < -0.3 is 64.2 Å². The predicted molar refractivity (Wildman–Crippen MR) is 270 cm³/mol. The van der Waals surface area contributed by atoms with Gasteiger partial charge in [-0.3, -0.25) is 9.59 Å². The van der Waals surface area contributed by atoms with Gasteiger partial charge in [0.05, 0.1) is 13.2 Å². The van der Waals surface area contributed by atoms with Crippen LogP contribution in [0.2, 0.25) is 0 Å². The summed E-state index contributed by atoms with van der Waals surface area (Å²) in [5, 5.41) is 73.3. The Morgan fingerprint density at radius 2 is 0.771 bits per heavy atom. The molecule has 2 saturated heterocycles. The van der Waals surface area contributed by atoms with Crippen molar-refractivity contribution < 1.29 is 73.8 Å². The van der Waals surface area contributed by atoms with Crippen molar-refractivity contribution in [3.8, 4) is 0 Å². The molecule has 414 valence electrons. The van der Waals surface area contributed by atoms with Crippen molar-refractivity contribution in [3.63, 3.8) is 0 Å². The molecule has 0 amide bonds. The summed E-state index contributed by atoms with van der Waals surface area (Å²) in [6.45, 7) is 20.3. The number of hydrogen-bond donors (Lipinski definition) is 7. The molecule has 0 spiro atoms. The van der Waals surface area contributed by atoms with Crippen LogP contribution in [0.5, 0.6) is 0 Å². The summed E-state index contributed by atoms with van der Waals surface area (Å²) in [6.07, 6.45) is 3.93. The highest BCUT2D eigenvalue weighted by Gasteiger charge is 2.51. The minimum absolute atomic E-state index is 0.0695. The van der Waals surface area contributed by atoms with Crippen LogP contribution in [0.25, 0.3) is 0 Å². The van der Waals surface area contributed by atoms with Gasteiger partial charge in [-0.2, -0.15) is 0 Å². The van der Waals surface area contributed by atoms with Crippen molar-refractivity contribution in [2.24, 2.45) is 47.3 Å². The van der Waals surface area contributed by atoms with E-state index in [1.807, 2.05) is 13.8 Å². The highest BCUT2D eigenvalue weighted by molar-refractivity contribution is 5.70. The lowest BCUT2D eigenvalue weighted by molar-refractivity contribution is -0.363. The Hall–Kier alpha value is -1.50. The second kappa shape index (κ2) is 35.7. The third-order valence-corrected chi connectivity index (χ3v) is 14.7. The maximum absolute atomic E-state index is 13.2. The van der Waals surface area contributed by atoms with E-state index in [1.54, 1.807) is 0 Å². The second-order valence-corrected chi connectivity index (χ2v) is 23.0. The van der Waals surface area contributed by atoms with Gasteiger partial charge in [0.25, 0.3) is 0 Å². The molecule has 7 N–H and O–H groups in total. The maximum atomic E-state index is 13.2. The first-order valence-electron chi connectivity index (χ1n) is 27.7. The molecule has 6 unspecified atom stereocenters. The molecule has 0 aromatic rings. The third kappa shape index (κ3) is 26.1. The average molecular weight is 1010 g/mol. The van der Waals surface area contributed by atoms with Crippen molar-refractivity contribution in [2.45, 2.75) is 265 Å². The first kappa shape index (κ1) is 64.6. The summed E-state index contributed by atoms with van der Waals surface area (Å²) in [7, 11) is 0. The molecule has 15 heteroatoms. The highest BCUT2D eigenvalue weighted by Crippen LogP contribution is 2.31. The molecule has 2 fully saturated rings. The topological polar surface area (TPSA) is 231 Å². The van der Waals surface area contributed by atoms with Crippen molar-refractivity contribution in [3.05, 3.63) is 0 Å². The van der Waals surface area contributed by atoms with Crippen LogP contribution in [0.3, 0.4) is 0 Å². The Balaban J connectivity index is 1.96. The Bertz CT molecular complexity index is 1290. The van der Waals surface area contributed by atoms with E-state index < -0.39 is 92.7 Å². The van der Waals surface area contributed by atoms with Crippen LogP contribution < -0.4 is 0 Å². The van der Waals surface area contributed by atoms with Gasteiger partial charge in [-0.1, -0.05) is 185 Å². The Morgan fingerprint density at radius 3 is 1.14 bits per heavy atom. The monoisotopic (exact) mass is 1000 g/mol. The number of carbonyl (C=O) groups excluding carboxylic acids is 2. The van der Waals surface area contributed by atoms with Crippen molar-refractivity contribution in [2.75, 3.05) is 26.4 Å². The van der Waals surface area contributed by atoms with Crippen LogP contribution in [-0.2, 0) is 38.0 Å². The number of ether oxygens (including phenoxy) is 6. The van der Waals surface area contributed by atoms with E-state index in [4.69, 9.17) is 28.4 Å². The van der Waals surface area contributed by atoms with Crippen molar-refractivity contribution in [1.82, 2.24) is 0 Å². The summed E-state index contributed by atoms with van der Waals surface area (Å²) in [4.78, 5) is 26.3. The van der Waals surface area contributed by atoms with E-state index in [0.717, 1.165) is 62.2 Å². The molecule has 0 aromatic carbocycles. The van der Waals surface area contributed by atoms with Crippen LogP contribution >= 0.6 is 0 Å². The van der Waals surface area contributed by atoms with Crippen molar-refractivity contribution in [1.29, 1.82) is 0 Å².